The predicted molar refractivity (Wildman–Crippen MR) is 26.7 cm³/mol. The molecule has 1 aromatic heterocycles. The van der Waals surface area contributed by atoms with Gasteiger partial charge in [-0.2, -0.15) is 9.55 Å². The van der Waals surface area contributed by atoms with E-state index >= 15 is 0 Å². The van der Waals surface area contributed by atoms with Crippen molar-refractivity contribution in [3.05, 3.63) is 18.5 Å². The van der Waals surface area contributed by atoms with Gasteiger partial charge in [0, 0.05) is 0 Å². The van der Waals surface area contributed by atoms with Crippen LogP contribution in [0, 0.1) is 6.92 Å². The second-order valence-corrected chi connectivity index (χ2v) is 1.77. The molecular formula is C5H9N3+2. The van der Waals surface area contributed by atoms with Gasteiger partial charge in [0.25, 0.3) is 0 Å². The summed E-state index contributed by atoms with van der Waals surface area (Å²) in [7, 11) is 1.92. The second kappa shape index (κ2) is 1.86. The Morgan fingerprint density at radius 1 is 1.75 bits per heavy atom. The summed E-state index contributed by atoms with van der Waals surface area (Å²) in [5.74, 6) is 0.933. The summed E-state index contributed by atoms with van der Waals surface area (Å²) in [5.41, 5.74) is 0. The second-order valence-electron chi connectivity index (χ2n) is 1.77. The first kappa shape index (κ1) is 5.15. The van der Waals surface area contributed by atoms with Gasteiger partial charge in [-0.25, -0.2) is 0 Å². The van der Waals surface area contributed by atoms with Crippen molar-refractivity contribution in [1.82, 2.24) is 4.98 Å². The molecule has 0 aromatic carbocycles. The van der Waals surface area contributed by atoms with Gasteiger partial charge < -0.3 is 0 Å². The number of rotatable bonds is 0. The maximum atomic E-state index is 3.99. The summed E-state index contributed by atoms with van der Waals surface area (Å²) in [4.78, 5) is 6.94. The zero-order chi connectivity index (χ0) is 5.98. The third kappa shape index (κ3) is 0.992. The van der Waals surface area contributed by atoms with Crippen LogP contribution in [0.25, 0.3) is 0 Å². The van der Waals surface area contributed by atoms with Crippen molar-refractivity contribution in [2.75, 3.05) is 0 Å². The van der Waals surface area contributed by atoms with Crippen LogP contribution in [-0.2, 0) is 7.05 Å². The Morgan fingerprint density at radius 3 is 2.88 bits per heavy atom. The van der Waals surface area contributed by atoms with E-state index in [1.54, 1.807) is 6.33 Å². The molecule has 0 bridgehead atoms. The lowest BCUT2D eigenvalue weighted by Crippen LogP contribution is -2.34. The van der Waals surface area contributed by atoms with E-state index in [0.717, 1.165) is 5.82 Å². The zero-order valence-electron chi connectivity index (χ0n) is 5.05. The van der Waals surface area contributed by atoms with Crippen molar-refractivity contribution in [2.24, 2.45) is 7.05 Å². The minimum Gasteiger partial charge on any atom is -0.174 e. The van der Waals surface area contributed by atoms with E-state index in [9.17, 15) is 0 Å². The predicted octanol–water partition coefficient (Wildman–Crippen LogP) is -0.971. The Kier molecular flexibility index (Phi) is 1.20. The molecule has 0 spiro atoms. The number of aromatic nitrogens is 3. The molecule has 1 N–H and O–H groups in total. The first-order chi connectivity index (χ1) is 3.79. The molecule has 1 heterocycles. The lowest BCUT2D eigenvalue weighted by Gasteiger charge is -1.75. The van der Waals surface area contributed by atoms with Gasteiger partial charge in [0.15, 0.2) is 0 Å². The number of aromatic amines is 1. The molecule has 0 saturated heterocycles. The highest BCUT2D eigenvalue weighted by molar-refractivity contribution is 4.57. The number of hydrogen-bond acceptors (Lipinski definition) is 1. The molecular weight excluding hydrogens is 102 g/mol. The molecule has 1 rings (SSSR count). The van der Waals surface area contributed by atoms with Crippen molar-refractivity contribution < 1.29 is 9.55 Å². The smallest absolute Gasteiger partial charge is 0.174 e. The lowest BCUT2D eigenvalue weighted by atomic mass is 10.7. The van der Waals surface area contributed by atoms with Crippen molar-refractivity contribution in [1.29, 1.82) is 0 Å². The summed E-state index contributed by atoms with van der Waals surface area (Å²) >= 11 is 0. The number of hydrogen-bond donors (Lipinski definition) is 0. The summed E-state index contributed by atoms with van der Waals surface area (Å²) < 4.78 is 1.85. The average Bonchev–Trinajstić information content (AvgIpc) is 1.77. The summed E-state index contributed by atoms with van der Waals surface area (Å²) in [5, 5.41) is 0. The van der Waals surface area contributed by atoms with Crippen molar-refractivity contribution in [3.8, 4) is 0 Å². The van der Waals surface area contributed by atoms with Gasteiger partial charge in [-0.1, -0.05) is 0 Å². The van der Waals surface area contributed by atoms with Crippen molar-refractivity contribution in [2.45, 2.75) is 6.92 Å². The van der Waals surface area contributed by atoms with Gasteiger partial charge in [-0.05, 0) is 0 Å². The molecule has 3 nitrogen and oxygen atoms in total. The monoisotopic (exact) mass is 111 g/mol. The summed E-state index contributed by atoms with van der Waals surface area (Å²) in [6.07, 6.45) is 3.61. The molecule has 0 atom stereocenters. The van der Waals surface area contributed by atoms with Crippen LogP contribution in [0.3, 0.4) is 0 Å². The van der Waals surface area contributed by atoms with E-state index in [-0.39, 0.29) is 0 Å². The molecule has 8 heavy (non-hydrogen) atoms. The highest BCUT2D eigenvalue weighted by atomic mass is 15.1. The molecule has 0 aliphatic heterocycles. The first-order valence-electron chi connectivity index (χ1n) is 2.48. The lowest BCUT2D eigenvalue weighted by molar-refractivity contribution is -0.732. The Balaban J connectivity index is 3.03. The van der Waals surface area contributed by atoms with E-state index in [0.29, 0.717) is 0 Å². The van der Waals surface area contributed by atoms with Gasteiger partial charge in [-0.15, -0.1) is 0 Å². The number of nitrogens with zero attached hydrogens (tertiary/aromatic N) is 2. The van der Waals surface area contributed by atoms with Gasteiger partial charge in [0.1, 0.15) is 7.05 Å². The fourth-order valence-corrected chi connectivity index (χ4v) is 0.444. The van der Waals surface area contributed by atoms with Gasteiger partial charge in [0.2, 0.25) is 0 Å². The molecule has 0 radical (unpaired) electrons. The average molecular weight is 111 g/mol. The van der Waals surface area contributed by atoms with E-state index in [2.05, 4.69) is 9.97 Å². The molecule has 1 aromatic rings. The van der Waals surface area contributed by atoms with Gasteiger partial charge in [-0.3, -0.25) is 0 Å². The SMILES string of the molecule is Cc1nc[n+](C)c[nH+]1. The van der Waals surface area contributed by atoms with E-state index in [1.165, 1.54) is 0 Å². The normalized spacial score (nSPS) is 9.25. The van der Waals surface area contributed by atoms with Crippen molar-refractivity contribution >= 4 is 0 Å². The van der Waals surface area contributed by atoms with Crippen LogP contribution in [0.15, 0.2) is 12.7 Å². The van der Waals surface area contributed by atoms with Crippen LogP contribution in [0.2, 0.25) is 0 Å². The fourth-order valence-electron chi connectivity index (χ4n) is 0.444. The zero-order valence-corrected chi connectivity index (χ0v) is 5.05. The highest BCUT2D eigenvalue weighted by Crippen LogP contribution is 1.65. The Labute approximate surface area is 48.0 Å². The third-order valence-electron chi connectivity index (χ3n) is 0.911. The first-order valence-corrected chi connectivity index (χ1v) is 2.48. The van der Waals surface area contributed by atoms with Crippen LogP contribution < -0.4 is 9.55 Å². The molecule has 3 heteroatoms. The van der Waals surface area contributed by atoms with Crippen LogP contribution in [0.1, 0.15) is 5.82 Å². The number of H-pyrrole nitrogens is 1. The van der Waals surface area contributed by atoms with Crippen molar-refractivity contribution in [3.63, 3.8) is 0 Å². The van der Waals surface area contributed by atoms with E-state index in [4.69, 9.17) is 0 Å². The molecule has 0 unspecified atom stereocenters. The minimum absolute atomic E-state index is 0.933. The number of nitrogens with one attached hydrogen (secondary N) is 1. The largest absolute Gasteiger partial charge is 0.364 e. The van der Waals surface area contributed by atoms with Gasteiger partial charge in [0.05, 0.1) is 11.9 Å². The molecule has 42 valence electrons. The maximum absolute atomic E-state index is 3.99. The minimum atomic E-state index is 0.933. The van der Waals surface area contributed by atoms with Crippen LogP contribution >= 0.6 is 0 Å². The summed E-state index contributed by atoms with van der Waals surface area (Å²) in [6, 6.07) is 0. The van der Waals surface area contributed by atoms with E-state index in [1.807, 2.05) is 24.9 Å². The van der Waals surface area contributed by atoms with Crippen LogP contribution in [0.5, 0.6) is 0 Å². The van der Waals surface area contributed by atoms with Gasteiger partial charge >= 0.3 is 18.5 Å². The third-order valence-corrected chi connectivity index (χ3v) is 0.911. The quantitative estimate of drug-likeness (QED) is 0.396. The van der Waals surface area contributed by atoms with Crippen LogP contribution in [0.4, 0.5) is 0 Å². The molecule has 0 fully saturated rings. The van der Waals surface area contributed by atoms with Crippen LogP contribution in [-0.4, -0.2) is 4.98 Å². The molecule has 0 aliphatic carbocycles. The summed E-state index contributed by atoms with van der Waals surface area (Å²) in [6.45, 7) is 1.92. The maximum Gasteiger partial charge on any atom is 0.364 e. The molecule has 0 aliphatic rings. The Hall–Kier alpha value is -0.990. The Morgan fingerprint density at radius 2 is 2.50 bits per heavy atom. The standard InChI is InChI=1S/C5H8N3/c1-5-6-3-8(2)4-7-5/h3-4H,1-2H3/q+1/p+1. The molecule has 0 saturated carbocycles. The fraction of sp³-hybridized carbons (Fsp3) is 0.400. The topological polar surface area (TPSA) is 30.9 Å². The Bertz CT molecular complexity index is 147. The highest BCUT2D eigenvalue weighted by Gasteiger charge is 1.98. The van der Waals surface area contributed by atoms with E-state index < -0.39 is 0 Å². The number of aryl methyl sites for hydroxylation is 2. The molecule has 0 amide bonds.